The van der Waals surface area contributed by atoms with Gasteiger partial charge in [-0.2, -0.15) is 0 Å². The predicted octanol–water partition coefficient (Wildman–Crippen LogP) is 1.72. The second-order valence-electron chi connectivity index (χ2n) is 3.18. The first kappa shape index (κ1) is 11.9. The molecule has 0 amide bonds. The Morgan fingerprint density at radius 3 is 2.06 bits per heavy atom. The van der Waals surface area contributed by atoms with Crippen molar-refractivity contribution in [3.8, 4) is 0 Å². The van der Waals surface area contributed by atoms with Gasteiger partial charge in [0.2, 0.25) is 0 Å². The molecule has 0 radical (unpaired) electrons. The molecule has 86 valence electrons. The van der Waals surface area contributed by atoms with E-state index in [2.05, 4.69) is 5.32 Å². The van der Waals surface area contributed by atoms with E-state index in [1.807, 2.05) is 0 Å². The third kappa shape index (κ3) is 2.08. The Bertz CT molecular complexity index is 379. The second kappa shape index (κ2) is 4.56. The molecule has 0 unspecified atom stereocenters. The molecule has 0 saturated carbocycles. The van der Waals surface area contributed by atoms with Crippen molar-refractivity contribution in [3.63, 3.8) is 0 Å². The van der Waals surface area contributed by atoms with Gasteiger partial charge in [0, 0.05) is 5.69 Å². The van der Waals surface area contributed by atoms with Crippen molar-refractivity contribution in [1.82, 2.24) is 0 Å². The van der Waals surface area contributed by atoms with Gasteiger partial charge in [-0.05, 0) is 19.1 Å². The first-order valence-electron chi connectivity index (χ1n) is 4.65. The molecule has 0 atom stereocenters. The summed E-state index contributed by atoms with van der Waals surface area (Å²) in [4.78, 5) is 19.8. The summed E-state index contributed by atoms with van der Waals surface area (Å²) >= 11 is 0. The third-order valence-electron chi connectivity index (χ3n) is 2.22. The van der Waals surface area contributed by atoms with Crippen LogP contribution in [0.25, 0.3) is 0 Å². The molecule has 7 heteroatoms. The lowest BCUT2D eigenvalue weighted by Crippen LogP contribution is -2.52. The van der Waals surface area contributed by atoms with Gasteiger partial charge in [0.15, 0.2) is 0 Å². The van der Waals surface area contributed by atoms with Crippen molar-refractivity contribution in [2.45, 2.75) is 19.1 Å². The molecule has 0 fully saturated rings. The van der Waals surface area contributed by atoms with E-state index in [1.54, 1.807) is 18.2 Å². The fourth-order valence-corrected chi connectivity index (χ4v) is 1.26. The Hall–Kier alpha value is -2.18. The minimum atomic E-state index is -2.36. The summed E-state index contributed by atoms with van der Waals surface area (Å²) < 4.78 is 0. The number of hydrogen-bond acceptors (Lipinski definition) is 5. The lowest BCUT2D eigenvalue weighted by Gasteiger charge is -2.17. The summed E-state index contributed by atoms with van der Waals surface area (Å²) in [5.41, 5.74) is 0.345. The average Bonchev–Trinajstić information content (AvgIpc) is 2.26. The highest BCUT2D eigenvalue weighted by Gasteiger charge is 2.54. The number of nitrogens with one attached hydrogen (secondary N) is 1. The number of rotatable bonds is 5. The average molecular weight is 225 g/mol. The van der Waals surface area contributed by atoms with Gasteiger partial charge >= 0.3 is 5.79 Å². The standard InChI is InChI=1S/C9H11N3O4/c1-2-9(11(13)14,12(15)16)10-8-6-4-3-5-7-8/h3-7,10H,2H2,1H3. The number of hydrogen-bond donors (Lipinski definition) is 1. The van der Waals surface area contributed by atoms with Crippen LogP contribution in [0.5, 0.6) is 0 Å². The summed E-state index contributed by atoms with van der Waals surface area (Å²) in [7, 11) is 0. The topological polar surface area (TPSA) is 98.3 Å². The van der Waals surface area contributed by atoms with Crippen molar-refractivity contribution in [3.05, 3.63) is 50.6 Å². The fourth-order valence-electron chi connectivity index (χ4n) is 1.26. The molecule has 0 spiro atoms. The molecule has 7 nitrogen and oxygen atoms in total. The zero-order chi connectivity index (χ0) is 12.2. The highest BCUT2D eigenvalue weighted by atomic mass is 16.7. The zero-order valence-corrected chi connectivity index (χ0v) is 8.62. The van der Waals surface area contributed by atoms with Gasteiger partial charge in [-0.15, -0.1) is 0 Å². The van der Waals surface area contributed by atoms with Crippen molar-refractivity contribution in [2.75, 3.05) is 5.32 Å². The maximum atomic E-state index is 10.8. The van der Waals surface area contributed by atoms with Crippen LogP contribution in [0.2, 0.25) is 0 Å². The lowest BCUT2D eigenvalue weighted by atomic mass is 10.2. The van der Waals surface area contributed by atoms with Gasteiger partial charge in [-0.25, -0.2) is 0 Å². The minimum absolute atomic E-state index is 0.248. The molecule has 0 saturated heterocycles. The minimum Gasteiger partial charge on any atom is -0.258 e. The molecular weight excluding hydrogens is 214 g/mol. The molecule has 0 aromatic heterocycles. The van der Waals surface area contributed by atoms with E-state index in [-0.39, 0.29) is 6.42 Å². The highest BCUT2D eigenvalue weighted by Crippen LogP contribution is 2.19. The number of para-hydroxylation sites is 1. The monoisotopic (exact) mass is 225 g/mol. The number of nitrogens with zero attached hydrogens (tertiary/aromatic N) is 2. The van der Waals surface area contributed by atoms with Crippen molar-refractivity contribution in [1.29, 1.82) is 0 Å². The molecule has 16 heavy (non-hydrogen) atoms. The Labute approximate surface area is 91.4 Å². The summed E-state index contributed by atoms with van der Waals surface area (Å²) in [6.45, 7) is 1.39. The van der Waals surface area contributed by atoms with Crippen LogP contribution in [0.4, 0.5) is 5.69 Å². The van der Waals surface area contributed by atoms with Crippen LogP contribution in [0, 0.1) is 20.2 Å². The maximum absolute atomic E-state index is 10.8. The molecule has 1 rings (SSSR count). The fraction of sp³-hybridized carbons (Fsp3) is 0.333. The third-order valence-corrected chi connectivity index (χ3v) is 2.22. The van der Waals surface area contributed by atoms with Crippen LogP contribution in [0.15, 0.2) is 30.3 Å². The quantitative estimate of drug-likeness (QED) is 0.467. The number of benzene rings is 1. The van der Waals surface area contributed by atoms with Gasteiger partial charge < -0.3 is 0 Å². The lowest BCUT2D eigenvalue weighted by molar-refractivity contribution is -0.788. The first-order valence-corrected chi connectivity index (χ1v) is 4.65. The van der Waals surface area contributed by atoms with Crippen LogP contribution < -0.4 is 5.32 Å². The molecule has 1 aromatic rings. The highest BCUT2D eigenvalue weighted by molar-refractivity contribution is 5.43. The molecular formula is C9H11N3O4. The molecule has 0 aliphatic rings. The molecule has 0 heterocycles. The molecule has 0 aliphatic heterocycles. The number of nitro groups is 2. The van der Waals surface area contributed by atoms with Crippen LogP contribution >= 0.6 is 0 Å². The van der Waals surface area contributed by atoms with Crippen molar-refractivity contribution >= 4 is 5.69 Å². The summed E-state index contributed by atoms with van der Waals surface area (Å²) in [6.07, 6.45) is -0.248. The van der Waals surface area contributed by atoms with E-state index >= 15 is 0 Å². The summed E-state index contributed by atoms with van der Waals surface area (Å²) in [5.74, 6) is -2.36. The molecule has 0 aliphatic carbocycles. The van der Waals surface area contributed by atoms with Gasteiger partial charge in [-0.3, -0.25) is 25.5 Å². The van der Waals surface area contributed by atoms with Crippen molar-refractivity contribution < 1.29 is 9.85 Å². The van der Waals surface area contributed by atoms with Crippen molar-refractivity contribution in [2.24, 2.45) is 0 Å². The molecule has 0 bridgehead atoms. The largest absolute Gasteiger partial charge is 0.541 e. The molecule has 1 aromatic carbocycles. The van der Waals surface area contributed by atoms with Gasteiger partial charge in [0.25, 0.3) is 0 Å². The van der Waals surface area contributed by atoms with E-state index in [0.717, 1.165) is 0 Å². The normalized spacial score (nSPS) is 10.8. The van der Waals surface area contributed by atoms with Gasteiger partial charge in [0.1, 0.15) is 16.3 Å². The smallest absolute Gasteiger partial charge is 0.258 e. The Morgan fingerprint density at radius 1 is 1.19 bits per heavy atom. The molecule has 1 N–H and O–H groups in total. The van der Waals surface area contributed by atoms with E-state index < -0.39 is 15.6 Å². The van der Waals surface area contributed by atoms with Crippen LogP contribution in [-0.4, -0.2) is 15.6 Å². The van der Waals surface area contributed by atoms with Crippen LogP contribution in [0.1, 0.15) is 13.3 Å². The van der Waals surface area contributed by atoms with E-state index in [0.29, 0.717) is 5.69 Å². The summed E-state index contributed by atoms with van der Waals surface area (Å²) in [6, 6.07) is 8.08. The first-order chi connectivity index (χ1) is 7.53. The predicted molar refractivity (Wildman–Crippen MR) is 57.1 cm³/mol. The zero-order valence-electron chi connectivity index (χ0n) is 8.62. The second-order valence-corrected chi connectivity index (χ2v) is 3.18. The summed E-state index contributed by atoms with van der Waals surface area (Å²) in [5, 5.41) is 23.9. The Kier molecular flexibility index (Phi) is 3.39. The number of anilines is 1. The van der Waals surface area contributed by atoms with E-state index in [4.69, 9.17) is 0 Å². The van der Waals surface area contributed by atoms with Crippen LogP contribution in [-0.2, 0) is 0 Å². The van der Waals surface area contributed by atoms with Gasteiger partial charge in [-0.1, -0.05) is 18.2 Å². The van der Waals surface area contributed by atoms with Crippen LogP contribution in [0.3, 0.4) is 0 Å². The van der Waals surface area contributed by atoms with E-state index in [9.17, 15) is 20.2 Å². The maximum Gasteiger partial charge on any atom is 0.541 e. The SMILES string of the molecule is CCC(Nc1ccccc1)([N+](=O)[O-])[N+](=O)[O-]. The Morgan fingerprint density at radius 2 is 1.69 bits per heavy atom. The van der Waals surface area contributed by atoms with Gasteiger partial charge in [0.05, 0.1) is 0 Å². The van der Waals surface area contributed by atoms with E-state index in [1.165, 1.54) is 19.1 Å². The Balaban J connectivity index is 3.04.